The summed E-state index contributed by atoms with van der Waals surface area (Å²) in [5.74, 6) is 2.12. The number of methoxy groups -OCH3 is 3. The topological polar surface area (TPSA) is 51.5 Å². The van der Waals surface area contributed by atoms with E-state index in [-0.39, 0.29) is 18.6 Å². The molecule has 0 N–H and O–H groups in total. The Morgan fingerprint density at radius 3 is 1.75 bits per heavy atom. The van der Waals surface area contributed by atoms with E-state index in [9.17, 15) is 0 Å². The Labute approximate surface area is 156 Å². The molecule has 0 saturated carbocycles. The Morgan fingerprint density at radius 1 is 0.875 bits per heavy atom. The molecule has 2 aromatic rings. The van der Waals surface area contributed by atoms with Gasteiger partial charge in [-0.25, -0.2) is 0 Å². The van der Waals surface area contributed by atoms with Crippen molar-refractivity contribution in [1.29, 1.82) is 5.26 Å². The molecule has 127 valence electrons. The van der Waals surface area contributed by atoms with Crippen LogP contribution in [0.25, 0.3) is 0 Å². The summed E-state index contributed by atoms with van der Waals surface area (Å²) in [6, 6.07) is 13.3. The van der Waals surface area contributed by atoms with Crippen molar-refractivity contribution in [3.05, 3.63) is 53.1 Å². The van der Waals surface area contributed by atoms with Gasteiger partial charge in [-0.15, -0.1) is 0 Å². The van der Waals surface area contributed by atoms with E-state index >= 15 is 0 Å². The van der Waals surface area contributed by atoms with Gasteiger partial charge in [0.2, 0.25) is 0 Å². The second-order valence-corrected chi connectivity index (χ2v) is 4.50. The van der Waals surface area contributed by atoms with Crippen LogP contribution in [0.2, 0.25) is 0 Å². The summed E-state index contributed by atoms with van der Waals surface area (Å²) < 4.78 is 16.1. The van der Waals surface area contributed by atoms with Crippen molar-refractivity contribution in [3.8, 4) is 23.3 Å². The van der Waals surface area contributed by atoms with Gasteiger partial charge in [0.15, 0.2) is 0 Å². The molecule has 0 atom stereocenters. The summed E-state index contributed by atoms with van der Waals surface area (Å²) >= 11 is 0. The van der Waals surface area contributed by atoms with Crippen LogP contribution < -0.4 is 14.2 Å². The molecule has 0 aliphatic heterocycles. The predicted octanol–water partition coefficient (Wildman–Crippen LogP) is 4.20. The molecule has 0 unspecified atom stereocenters. The monoisotopic (exact) mass is 364 g/mol. The Kier molecular flexibility index (Phi) is 10.5. The molecule has 2 aromatic carbocycles. The van der Waals surface area contributed by atoms with Crippen molar-refractivity contribution in [1.82, 2.24) is 0 Å². The number of hydrogen-bond donors (Lipinski definition) is 0. The number of nitrogens with zero attached hydrogens (tertiary/aromatic N) is 1. The van der Waals surface area contributed by atoms with Crippen LogP contribution in [0.3, 0.4) is 0 Å². The normalized spacial score (nSPS) is 8.83. The van der Waals surface area contributed by atoms with Crippen LogP contribution >= 0.6 is 0 Å². The minimum absolute atomic E-state index is 0. The molecule has 1 radical (unpaired) electrons. The van der Waals surface area contributed by atoms with Gasteiger partial charge in [0.1, 0.15) is 17.2 Å². The maximum atomic E-state index is 8.84. The molecule has 0 fully saturated rings. The van der Waals surface area contributed by atoms with E-state index in [0.29, 0.717) is 17.7 Å². The fourth-order valence-corrected chi connectivity index (χ4v) is 2.15. The van der Waals surface area contributed by atoms with Crippen molar-refractivity contribution < 1.29 is 32.8 Å². The summed E-state index contributed by atoms with van der Waals surface area (Å²) in [6.45, 7) is 4.00. The first-order valence-corrected chi connectivity index (χ1v) is 7.49. The quantitative estimate of drug-likeness (QED) is 0.798. The van der Waals surface area contributed by atoms with Crippen molar-refractivity contribution in [2.75, 3.05) is 21.3 Å². The number of nitriles is 1. The third kappa shape index (κ3) is 5.52. The van der Waals surface area contributed by atoms with Crippen LogP contribution in [0.5, 0.6) is 17.2 Å². The van der Waals surface area contributed by atoms with Gasteiger partial charge in [0.05, 0.1) is 33.0 Å². The van der Waals surface area contributed by atoms with Crippen molar-refractivity contribution in [2.24, 2.45) is 0 Å². The Balaban J connectivity index is 0.00000170. The predicted molar refractivity (Wildman–Crippen MR) is 91.4 cm³/mol. The first-order chi connectivity index (χ1) is 11.2. The molecular formula is C19H23NO3V. The maximum Gasteiger partial charge on any atom is 0.129 e. The van der Waals surface area contributed by atoms with E-state index in [1.54, 1.807) is 33.5 Å². The third-order valence-electron chi connectivity index (χ3n) is 3.28. The average Bonchev–Trinajstić information content (AvgIpc) is 2.64. The summed E-state index contributed by atoms with van der Waals surface area (Å²) in [6.07, 6.45) is 0.655. The summed E-state index contributed by atoms with van der Waals surface area (Å²) in [4.78, 5) is 0. The van der Waals surface area contributed by atoms with Crippen molar-refractivity contribution in [2.45, 2.75) is 20.3 Å². The van der Waals surface area contributed by atoms with E-state index < -0.39 is 0 Å². The Hall–Kier alpha value is -2.09. The van der Waals surface area contributed by atoms with E-state index in [0.717, 1.165) is 22.6 Å². The van der Waals surface area contributed by atoms with Crippen molar-refractivity contribution >= 4 is 0 Å². The second-order valence-electron chi connectivity index (χ2n) is 4.50. The first-order valence-electron chi connectivity index (χ1n) is 7.49. The molecule has 0 saturated heterocycles. The fourth-order valence-electron chi connectivity index (χ4n) is 2.15. The fraction of sp³-hybridized carbons (Fsp3) is 0.316. The van der Waals surface area contributed by atoms with Crippen LogP contribution in [0.1, 0.15) is 30.5 Å². The summed E-state index contributed by atoms with van der Waals surface area (Å²) in [5, 5.41) is 8.84. The minimum Gasteiger partial charge on any atom is -0.496 e. The van der Waals surface area contributed by atoms with E-state index in [1.807, 2.05) is 38.1 Å². The summed E-state index contributed by atoms with van der Waals surface area (Å²) in [5.41, 5.74) is 2.67. The Morgan fingerprint density at radius 2 is 1.38 bits per heavy atom. The zero-order valence-electron chi connectivity index (χ0n) is 14.8. The molecule has 0 aliphatic rings. The van der Waals surface area contributed by atoms with Gasteiger partial charge in [-0.1, -0.05) is 26.0 Å². The number of rotatable bonds is 5. The molecule has 0 heterocycles. The largest absolute Gasteiger partial charge is 0.496 e. The zero-order valence-corrected chi connectivity index (χ0v) is 16.2. The molecule has 2 rings (SSSR count). The van der Waals surface area contributed by atoms with Crippen LogP contribution in [-0.4, -0.2) is 21.3 Å². The van der Waals surface area contributed by atoms with Crippen LogP contribution in [0, 0.1) is 11.3 Å². The Bertz CT molecular complexity index is 638. The molecule has 5 heteroatoms. The van der Waals surface area contributed by atoms with Crippen LogP contribution in [0.15, 0.2) is 36.4 Å². The molecule has 0 aromatic heterocycles. The van der Waals surface area contributed by atoms with E-state index in [2.05, 4.69) is 6.07 Å². The van der Waals surface area contributed by atoms with Gasteiger partial charge < -0.3 is 14.2 Å². The molecule has 0 amide bonds. The molecule has 0 spiro atoms. The average molecular weight is 364 g/mol. The SMILES string of the molecule is CC.COc1cc(OC)c(Cc2ccc(C#N)cc2)c(OC)c1.[V]. The van der Waals surface area contributed by atoms with Gasteiger partial charge in [-0.2, -0.15) is 5.26 Å². The number of hydrogen-bond acceptors (Lipinski definition) is 4. The third-order valence-corrected chi connectivity index (χ3v) is 3.28. The van der Waals surface area contributed by atoms with Gasteiger partial charge in [0, 0.05) is 42.7 Å². The second kappa shape index (κ2) is 11.5. The van der Waals surface area contributed by atoms with Gasteiger partial charge in [-0.3, -0.25) is 0 Å². The number of ether oxygens (including phenoxy) is 3. The molecule has 0 aliphatic carbocycles. The van der Waals surface area contributed by atoms with Gasteiger partial charge >= 0.3 is 0 Å². The molecule has 24 heavy (non-hydrogen) atoms. The van der Waals surface area contributed by atoms with Gasteiger partial charge in [-0.05, 0) is 17.7 Å². The zero-order chi connectivity index (χ0) is 17.2. The van der Waals surface area contributed by atoms with Crippen LogP contribution in [-0.2, 0) is 25.0 Å². The van der Waals surface area contributed by atoms with Gasteiger partial charge in [0.25, 0.3) is 0 Å². The van der Waals surface area contributed by atoms with Crippen LogP contribution in [0.4, 0.5) is 0 Å². The first kappa shape index (κ1) is 21.9. The molecule has 4 nitrogen and oxygen atoms in total. The molecule has 0 bridgehead atoms. The smallest absolute Gasteiger partial charge is 0.129 e. The van der Waals surface area contributed by atoms with E-state index in [4.69, 9.17) is 19.5 Å². The maximum absolute atomic E-state index is 8.84. The minimum atomic E-state index is 0. The number of benzene rings is 2. The summed E-state index contributed by atoms with van der Waals surface area (Å²) in [7, 11) is 4.85. The standard InChI is InChI=1S/C17H17NO3.C2H6.V/c1-19-14-9-16(20-2)15(17(10-14)21-3)8-12-4-6-13(11-18)7-5-12;1-2;/h4-7,9-10H,8H2,1-3H3;1-2H3;. The molecular weight excluding hydrogens is 341 g/mol. The van der Waals surface area contributed by atoms with Crippen molar-refractivity contribution in [3.63, 3.8) is 0 Å². The van der Waals surface area contributed by atoms with E-state index in [1.165, 1.54) is 0 Å².